The molecule has 3 nitrogen and oxygen atoms in total. The Morgan fingerprint density at radius 1 is 1.42 bits per heavy atom. The van der Waals surface area contributed by atoms with Crippen LogP contribution in [0, 0.1) is 0 Å². The Kier molecular flexibility index (Phi) is 3.58. The Hall–Kier alpha value is -0.580. The Morgan fingerprint density at radius 3 is 3.05 bits per heavy atom. The molecule has 0 bridgehead atoms. The monoisotopic (exact) mass is 325 g/mol. The number of benzene rings is 1. The molecule has 1 saturated carbocycles. The lowest BCUT2D eigenvalue weighted by Gasteiger charge is -2.45. The van der Waals surface area contributed by atoms with Crippen LogP contribution in [-0.2, 0) is 4.74 Å². The molecule has 1 aromatic rings. The topological polar surface area (TPSA) is 44.5 Å². The van der Waals surface area contributed by atoms with Gasteiger partial charge in [0.15, 0.2) is 0 Å². The van der Waals surface area contributed by atoms with Crippen molar-refractivity contribution in [2.75, 3.05) is 7.11 Å². The van der Waals surface area contributed by atoms with Gasteiger partial charge in [-0.15, -0.1) is 0 Å². The molecule has 0 amide bonds. The van der Waals surface area contributed by atoms with Gasteiger partial charge in [0, 0.05) is 36.0 Å². The summed E-state index contributed by atoms with van der Waals surface area (Å²) in [5, 5.41) is 0. The number of fused-ring (bicyclic) bond motifs is 1. The lowest BCUT2D eigenvalue weighted by molar-refractivity contribution is -0.0578. The highest BCUT2D eigenvalue weighted by Gasteiger charge is 2.43. The Bertz CT molecular complexity index is 479. The second-order valence-corrected chi connectivity index (χ2v) is 6.65. The summed E-state index contributed by atoms with van der Waals surface area (Å²) in [5.41, 5.74) is 7.35. The summed E-state index contributed by atoms with van der Waals surface area (Å²) in [4.78, 5) is 0. The molecular formula is C15H20BrNO2. The highest BCUT2D eigenvalue weighted by molar-refractivity contribution is 9.10. The molecule has 3 rings (SSSR count). The molecule has 1 aliphatic heterocycles. The van der Waals surface area contributed by atoms with E-state index in [0.717, 1.165) is 47.9 Å². The quantitative estimate of drug-likeness (QED) is 0.858. The number of rotatable bonds is 1. The summed E-state index contributed by atoms with van der Waals surface area (Å²) in [7, 11) is 1.79. The lowest BCUT2D eigenvalue weighted by Crippen LogP contribution is -2.48. The number of halogens is 1. The van der Waals surface area contributed by atoms with Gasteiger partial charge in [-0.1, -0.05) is 15.9 Å². The van der Waals surface area contributed by atoms with Gasteiger partial charge < -0.3 is 15.2 Å². The molecule has 1 heterocycles. The molecule has 1 aliphatic carbocycles. The van der Waals surface area contributed by atoms with Crippen LogP contribution in [0.25, 0.3) is 0 Å². The molecule has 4 heteroatoms. The van der Waals surface area contributed by atoms with Gasteiger partial charge in [0.1, 0.15) is 11.4 Å². The third-order valence-electron chi connectivity index (χ3n) is 4.38. The second kappa shape index (κ2) is 5.08. The first-order valence-corrected chi connectivity index (χ1v) is 7.68. The highest BCUT2D eigenvalue weighted by atomic mass is 79.9. The molecular weight excluding hydrogens is 306 g/mol. The SMILES string of the molecule is COC1CCCC2(C1)CC(N)c1cc(Br)ccc1O2. The predicted molar refractivity (Wildman–Crippen MR) is 78.3 cm³/mol. The predicted octanol–water partition coefficient (Wildman–Crippen LogP) is 3.56. The van der Waals surface area contributed by atoms with Gasteiger partial charge >= 0.3 is 0 Å². The third-order valence-corrected chi connectivity index (χ3v) is 4.87. The number of nitrogens with two attached hydrogens (primary N) is 1. The van der Waals surface area contributed by atoms with Gasteiger partial charge in [-0.3, -0.25) is 0 Å². The van der Waals surface area contributed by atoms with E-state index in [1.807, 2.05) is 12.1 Å². The summed E-state index contributed by atoms with van der Waals surface area (Å²) in [5.74, 6) is 0.943. The van der Waals surface area contributed by atoms with Crippen LogP contribution in [0.1, 0.15) is 43.7 Å². The Morgan fingerprint density at radius 2 is 2.26 bits per heavy atom. The summed E-state index contributed by atoms with van der Waals surface area (Å²) in [6.45, 7) is 0. The van der Waals surface area contributed by atoms with Crippen molar-refractivity contribution in [2.24, 2.45) is 5.73 Å². The Labute approximate surface area is 122 Å². The highest BCUT2D eigenvalue weighted by Crippen LogP contribution is 2.46. The maximum absolute atomic E-state index is 6.37. The lowest BCUT2D eigenvalue weighted by atomic mass is 9.76. The molecule has 3 unspecified atom stereocenters. The van der Waals surface area contributed by atoms with Gasteiger partial charge in [0.25, 0.3) is 0 Å². The van der Waals surface area contributed by atoms with Gasteiger partial charge in [-0.2, -0.15) is 0 Å². The minimum atomic E-state index is -0.126. The van der Waals surface area contributed by atoms with Crippen molar-refractivity contribution >= 4 is 15.9 Å². The van der Waals surface area contributed by atoms with Crippen molar-refractivity contribution in [2.45, 2.75) is 49.9 Å². The number of hydrogen-bond donors (Lipinski definition) is 1. The zero-order valence-electron chi connectivity index (χ0n) is 11.2. The number of hydrogen-bond acceptors (Lipinski definition) is 3. The minimum absolute atomic E-state index is 0.0526. The zero-order chi connectivity index (χ0) is 13.5. The first-order valence-electron chi connectivity index (χ1n) is 6.89. The molecule has 0 radical (unpaired) electrons. The average Bonchev–Trinajstić information content (AvgIpc) is 2.40. The molecule has 0 aromatic heterocycles. The van der Waals surface area contributed by atoms with E-state index >= 15 is 0 Å². The van der Waals surface area contributed by atoms with E-state index in [4.69, 9.17) is 15.2 Å². The molecule has 2 aliphatic rings. The van der Waals surface area contributed by atoms with Crippen LogP contribution in [-0.4, -0.2) is 18.8 Å². The number of methoxy groups -OCH3 is 1. The molecule has 1 spiro atoms. The number of ether oxygens (including phenoxy) is 2. The molecule has 2 N–H and O–H groups in total. The fourth-order valence-electron chi connectivity index (χ4n) is 3.44. The van der Waals surface area contributed by atoms with Crippen LogP contribution in [0.3, 0.4) is 0 Å². The first kappa shape index (κ1) is 13.4. The summed E-state index contributed by atoms with van der Waals surface area (Å²) < 4.78 is 12.9. The molecule has 104 valence electrons. The van der Waals surface area contributed by atoms with E-state index in [0.29, 0.717) is 6.10 Å². The van der Waals surface area contributed by atoms with Crippen LogP contribution in [0.15, 0.2) is 22.7 Å². The summed E-state index contributed by atoms with van der Waals surface area (Å²) >= 11 is 3.50. The maximum Gasteiger partial charge on any atom is 0.124 e. The van der Waals surface area contributed by atoms with Crippen LogP contribution in [0.5, 0.6) is 5.75 Å². The molecule has 3 atom stereocenters. The fourth-order valence-corrected chi connectivity index (χ4v) is 3.82. The molecule has 1 aromatic carbocycles. The minimum Gasteiger partial charge on any atom is -0.487 e. The van der Waals surface area contributed by atoms with Crippen LogP contribution in [0.2, 0.25) is 0 Å². The van der Waals surface area contributed by atoms with Crippen molar-refractivity contribution in [3.63, 3.8) is 0 Å². The summed E-state index contributed by atoms with van der Waals surface area (Å²) in [6.07, 6.45) is 5.50. The average molecular weight is 326 g/mol. The van der Waals surface area contributed by atoms with E-state index in [1.165, 1.54) is 0 Å². The smallest absolute Gasteiger partial charge is 0.124 e. The maximum atomic E-state index is 6.37. The van der Waals surface area contributed by atoms with Crippen molar-refractivity contribution in [1.82, 2.24) is 0 Å². The largest absolute Gasteiger partial charge is 0.487 e. The van der Waals surface area contributed by atoms with Crippen molar-refractivity contribution in [3.8, 4) is 5.75 Å². The van der Waals surface area contributed by atoms with Crippen LogP contribution in [0.4, 0.5) is 0 Å². The van der Waals surface area contributed by atoms with E-state index in [1.54, 1.807) is 7.11 Å². The van der Waals surface area contributed by atoms with E-state index < -0.39 is 0 Å². The van der Waals surface area contributed by atoms with Crippen molar-refractivity contribution < 1.29 is 9.47 Å². The standard InChI is InChI=1S/C15H20BrNO2/c1-18-11-3-2-6-15(8-11)9-13(17)12-7-10(16)4-5-14(12)19-15/h4-5,7,11,13H,2-3,6,8-9,17H2,1H3. The van der Waals surface area contributed by atoms with Gasteiger partial charge in [-0.25, -0.2) is 0 Å². The normalized spacial score (nSPS) is 33.8. The van der Waals surface area contributed by atoms with Crippen molar-refractivity contribution in [1.29, 1.82) is 0 Å². The van der Waals surface area contributed by atoms with Gasteiger partial charge in [0.2, 0.25) is 0 Å². The molecule has 1 fully saturated rings. The summed E-state index contributed by atoms with van der Waals surface area (Å²) in [6, 6.07) is 6.17. The third kappa shape index (κ3) is 2.54. The second-order valence-electron chi connectivity index (χ2n) is 5.73. The van der Waals surface area contributed by atoms with Crippen molar-refractivity contribution in [3.05, 3.63) is 28.2 Å². The zero-order valence-corrected chi connectivity index (χ0v) is 12.8. The van der Waals surface area contributed by atoms with Gasteiger partial charge in [-0.05, 0) is 37.5 Å². The van der Waals surface area contributed by atoms with E-state index in [2.05, 4.69) is 22.0 Å². The van der Waals surface area contributed by atoms with Crippen LogP contribution < -0.4 is 10.5 Å². The Balaban J connectivity index is 1.89. The fraction of sp³-hybridized carbons (Fsp3) is 0.600. The first-order chi connectivity index (χ1) is 9.12. The van der Waals surface area contributed by atoms with E-state index in [-0.39, 0.29) is 11.6 Å². The van der Waals surface area contributed by atoms with E-state index in [9.17, 15) is 0 Å². The molecule has 0 saturated heterocycles. The van der Waals surface area contributed by atoms with Crippen LogP contribution >= 0.6 is 15.9 Å². The van der Waals surface area contributed by atoms with Gasteiger partial charge in [0.05, 0.1) is 6.10 Å². The molecule has 19 heavy (non-hydrogen) atoms.